The zero-order chi connectivity index (χ0) is 50.7. The van der Waals surface area contributed by atoms with Crippen LogP contribution in [0.2, 0.25) is 0 Å². The Balaban J connectivity index is 0.764. The van der Waals surface area contributed by atoms with Crippen molar-refractivity contribution in [3.63, 3.8) is 0 Å². The van der Waals surface area contributed by atoms with Crippen LogP contribution < -0.4 is 31.6 Å². The lowest BCUT2D eigenvalue weighted by Crippen LogP contribution is -2.13. The lowest BCUT2D eigenvalue weighted by atomic mass is 10.0. The highest BCUT2D eigenvalue weighted by atomic mass is 16.5. The summed E-state index contributed by atoms with van der Waals surface area (Å²) in [5.74, 6) is -1.68. The maximum absolute atomic E-state index is 13.6. The number of nitrogen functional groups attached to an aromatic ring is 2. The molecule has 0 aliphatic carbocycles. The largest absolute Gasteiger partial charge is 0.494 e. The average molecular weight is 971 g/mol. The van der Waals surface area contributed by atoms with Crippen molar-refractivity contribution in [2.75, 3.05) is 49.5 Å². The zero-order valence-corrected chi connectivity index (χ0v) is 39.4. The van der Waals surface area contributed by atoms with Crippen LogP contribution in [-0.2, 0) is 9.47 Å². The molecule has 4 heterocycles. The molecule has 2 amide bonds. The Hall–Kier alpha value is -9.32. The van der Waals surface area contributed by atoms with E-state index in [0.717, 1.165) is 38.5 Å². The molecule has 0 atom stereocenters. The van der Waals surface area contributed by atoms with E-state index in [4.69, 9.17) is 30.4 Å². The number of nitrogens with two attached hydrogens (primary N) is 2. The van der Waals surface area contributed by atoms with E-state index in [-0.39, 0.29) is 56.9 Å². The number of hydrogen-bond donors (Lipinski definition) is 4. The zero-order valence-electron chi connectivity index (χ0n) is 39.4. The number of hydrogen-bond acceptors (Lipinski definition) is 14. The molecule has 8 rings (SSSR count). The number of aromatic nitrogens is 4. The molecule has 72 heavy (non-hydrogen) atoms. The summed E-state index contributed by atoms with van der Waals surface area (Å²) in [5.41, 5.74) is 14.3. The molecule has 0 bridgehead atoms. The lowest BCUT2D eigenvalue weighted by molar-refractivity contribution is 0.0593. The highest BCUT2D eigenvalue weighted by Crippen LogP contribution is 2.26. The van der Waals surface area contributed by atoms with E-state index in [9.17, 15) is 28.8 Å². The van der Waals surface area contributed by atoms with E-state index in [0.29, 0.717) is 46.9 Å². The summed E-state index contributed by atoms with van der Waals surface area (Å²) in [6, 6.07) is 32.7. The molecular formula is C54H50N8O10. The van der Waals surface area contributed by atoms with Gasteiger partial charge in [-0.2, -0.15) is 0 Å². The molecule has 18 heteroatoms. The van der Waals surface area contributed by atoms with Gasteiger partial charge >= 0.3 is 11.9 Å². The van der Waals surface area contributed by atoms with Gasteiger partial charge in [-0.1, -0.05) is 49.9 Å². The standard InChI is InChI=1S/C54H50N8O10/c1-69-53(67)39-31-33(21-23-41(39)55)45(63)49-57-47(43-19-7-9-25-61(43)49)59-51(65)35-15-13-17-37(29-35)71-27-11-5-3-4-6-12-28-72-38-18-14-16-36(30-38)52(66)60-48-44-20-8-10-26-62(44)50(58-48)46(64)34-22-24-42(56)40(32-34)54(68)70-2/h7-10,13-26,29-32H,3-6,11-12,27-28,55-56H2,1-2H3,(H,59,65)(H,60,66). The molecule has 0 saturated carbocycles. The minimum atomic E-state index is -0.675. The van der Waals surface area contributed by atoms with Gasteiger partial charge in [-0.25, -0.2) is 19.6 Å². The van der Waals surface area contributed by atoms with E-state index in [1.807, 2.05) is 0 Å². The molecule has 0 radical (unpaired) electrons. The second kappa shape index (κ2) is 22.4. The Kier molecular flexibility index (Phi) is 15.3. The van der Waals surface area contributed by atoms with Crippen LogP contribution in [0.3, 0.4) is 0 Å². The Labute approximate surface area is 412 Å². The molecule has 0 aliphatic rings. The predicted octanol–water partition coefficient (Wildman–Crippen LogP) is 8.48. The van der Waals surface area contributed by atoms with Crippen LogP contribution in [0.5, 0.6) is 11.5 Å². The number of esters is 2. The summed E-state index contributed by atoms with van der Waals surface area (Å²) in [6.45, 7) is 0.939. The van der Waals surface area contributed by atoms with Crippen LogP contribution in [0.1, 0.15) is 112 Å². The van der Waals surface area contributed by atoms with Crippen molar-refractivity contribution in [3.8, 4) is 11.5 Å². The quantitative estimate of drug-likeness (QED) is 0.0228. The maximum atomic E-state index is 13.6. The van der Waals surface area contributed by atoms with E-state index in [1.54, 1.807) is 106 Å². The van der Waals surface area contributed by atoms with E-state index >= 15 is 0 Å². The Bertz CT molecular complexity index is 3140. The minimum absolute atomic E-state index is 0.0311. The van der Waals surface area contributed by atoms with E-state index in [1.165, 1.54) is 50.6 Å². The minimum Gasteiger partial charge on any atom is -0.494 e. The lowest BCUT2D eigenvalue weighted by Gasteiger charge is -2.09. The fourth-order valence-electron chi connectivity index (χ4n) is 7.91. The van der Waals surface area contributed by atoms with Crippen LogP contribution in [0.15, 0.2) is 134 Å². The monoisotopic (exact) mass is 970 g/mol. The van der Waals surface area contributed by atoms with Crippen LogP contribution in [0.4, 0.5) is 23.0 Å². The van der Waals surface area contributed by atoms with Gasteiger partial charge in [0.25, 0.3) is 11.8 Å². The molecule has 0 spiro atoms. The van der Waals surface area contributed by atoms with Crippen LogP contribution in [-0.4, -0.2) is 81.5 Å². The average Bonchev–Trinajstić information content (AvgIpc) is 3.96. The number of imidazole rings is 2. The summed E-state index contributed by atoms with van der Waals surface area (Å²) in [5, 5.41) is 5.66. The van der Waals surface area contributed by atoms with Gasteiger partial charge in [-0.05, 0) is 110 Å². The van der Waals surface area contributed by atoms with Gasteiger partial charge in [-0.15, -0.1) is 0 Å². The number of nitrogens with one attached hydrogen (secondary N) is 2. The topological polar surface area (TPSA) is 250 Å². The maximum Gasteiger partial charge on any atom is 0.339 e. The second-order valence-electron chi connectivity index (χ2n) is 16.5. The summed E-state index contributed by atoms with van der Waals surface area (Å²) in [4.78, 5) is 87.6. The van der Waals surface area contributed by atoms with Gasteiger partial charge in [0, 0.05) is 46.0 Å². The summed E-state index contributed by atoms with van der Waals surface area (Å²) < 4.78 is 24.7. The van der Waals surface area contributed by atoms with Crippen molar-refractivity contribution in [3.05, 3.63) is 179 Å². The third-order valence-electron chi connectivity index (χ3n) is 11.7. The molecule has 8 aromatic rings. The van der Waals surface area contributed by atoms with Crippen molar-refractivity contribution in [2.45, 2.75) is 38.5 Å². The third-order valence-corrected chi connectivity index (χ3v) is 11.7. The van der Waals surface area contributed by atoms with Gasteiger partial charge in [0.15, 0.2) is 23.3 Å². The normalized spacial score (nSPS) is 11.0. The number of amides is 2. The number of carbonyl (C=O) groups excluding carboxylic acids is 6. The van der Waals surface area contributed by atoms with Gasteiger partial charge in [0.1, 0.15) is 11.5 Å². The number of methoxy groups -OCH3 is 2. The van der Waals surface area contributed by atoms with Gasteiger partial charge in [-0.3, -0.25) is 28.0 Å². The van der Waals surface area contributed by atoms with Crippen molar-refractivity contribution >= 4 is 69.4 Å². The van der Waals surface area contributed by atoms with Crippen molar-refractivity contribution < 1.29 is 47.7 Å². The SMILES string of the molecule is COC(=O)c1cc(C(=O)c2nc(NC(=O)c3cccc(OCCCCCCCCOc4cccc(C(=O)Nc5nc(C(=O)c6ccc(N)c(C(=O)OC)c6)n6ccccc56)c4)c3)c3ccccn23)ccc1N. The molecular weight excluding hydrogens is 921 g/mol. The number of rotatable bonds is 21. The van der Waals surface area contributed by atoms with Gasteiger partial charge in [0.2, 0.25) is 11.6 Å². The van der Waals surface area contributed by atoms with Crippen molar-refractivity contribution in [2.24, 2.45) is 0 Å². The summed E-state index contributed by atoms with van der Waals surface area (Å²) in [6.07, 6.45) is 8.86. The van der Waals surface area contributed by atoms with E-state index < -0.39 is 35.3 Å². The highest BCUT2D eigenvalue weighted by Gasteiger charge is 2.25. The summed E-state index contributed by atoms with van der Waals surface area (Å²) in [7, 11) is 2.45. The van der Waals surface area contributed by atoms with Crippen LogP contribution >= 0.6 is 0 Å². The third kappa shape index (κ3) is 11.1. The molecule has 366 valence electrons. The molecule has 6 N–H and O–H groups in total. The van der Waals surface area contributed by atoms with Crippen LogP contribution in [0.25, 0.3) is 11.0 Å². The number of pyridine rings is 2. The first-order chi connectivity index (χ1) is 34.9. The molecule has 0 unspecified atom stereocenters. The number of unbranched alkanes of at least 4 members (excludes halogenated alkanes) is 5. The van der Waals surface area contributed by atoms with E-state index in [2.05, 4.69) is 20.6 Å². The first-order valence-electron chi connectivity index (χ1n) is 23.0. The van der Waals surface area contributed by atoms with Gasteiger partial charge < -0.3 is 41.0 Å². The highest BCUT2D eigenvalue weighted by molar-refractivity contribution is 6.13. The van der Waals surface area contributed by atoms with Crippen LogP contribution in [0, 0.1) is 0 Å². The molecule has 0 aliphatic heterocycles. The first kappa shape index (κ1) is 49.1. The molecule has 4 aromatic heterocycles. The molecule has 0 saturated heterocycles. The number of ether oxygens (including phenoxy) is 4. The number of ketones is 2. The summed E-state index contributed by atoms with van der Waals surface area (Å²) >= 11 is 0. The number of fused-ring (bicyclic) bond motifs is 2. The molecule has 18 nitrogen and oxygen atoms in total. The van der Waals surface area contributed by atoms with Gasteiger partial charge in [0.05, 0.1) is 49.6 Å². The number of anilines is 4. The fraction of sp³-hybridized carbons (Fsp3) is 0.185. The second-order valence-corrected chi connectivity index (χ2v) is 16.5. The Morgan fingerprint density at radius 1 is 0.486 bits per heavy atom. The smallest absolute Gasteiger partial charge is 0.339 e. The molecule has 0 fully saturated rings. The number of carbonyl (C=O) groups is 6. The van der Waals surface area contributed by atoms with Crippen molar-refractivity contribution in [1.82, 2.24) is 18.8 Å². The van der Waals surface area contributed by atoms with Crippen molar-refractivity contribution in [1.29, 1.82) is 0 Å². The number of nitrogens with zero attached hydrogens (tertiary/aromatic N) is 4. The number of benzene rings is 4. The Morgan fingerprint density at radius 2 is 0.903 bits per heavy atom. The predicted molar refractivity (Wildman–Crippen MR) is 269 cm³/mol. The Morgan fingerprint density at radius 3 is 1.32 bits per heavy atom. The molecule has 4 aromatic carbocycles. The fourth-order valence-corrected chi connectivity index (χ4v) is 7.91. The first-order valence-corrected chi connectivity index (χ1v) is 23.0.